The molecule has 1 aliphatic rings. The molecule has 0 spiro atoms. The van der Waals surface area contributed by atoms with Crippen molar-refractivity contribution in [3.63, 3.8) is 0 Å². The molecule has 9 heteroatoms. The Morgan fingerprint density at radius 2 is 1.86 bits per heavy atom. The number of thiophene rings is 1. The van der Waals surface area contributed by atoms with Crippen LogP contribution in [0.1, 0.15) is 45.8 Å². The Balaban J connectivity index is 1.44. The average molecular weight is 505 g/mol. The highest BCUT2D eigenvalue weighted by Gasteiger charge is 2.26. The summed E-state index contributed by atoms with van der Waals surface area (Å²) in [6.45, 7) is 1.89. The van der Waals surface area contributed by atoms with Gasteiger partial charge in [-0.05, 0) is 67.5 Å². The fourth-order valence-electron chi connectivity index (χ4n) is 4.85. The highest BCUT2D eigenvalue weighted by atomic mass is 32.1. The number of aryl methyl sites for hydroxylation is 2. The number of rotatable bonds is 6. The number of nitrogens with one attached hydrogen (secondary N) is 1. The van der Waals surface area contributed by atoms with Crippen molar-refractivity contribution in [3.8, 4) is 16.9 Å². The molecule has 0 fully saturated rings. The van der Waals surface area contributed by atoms with E-state index in [1.54, 1.807) is 18.0 Å². The number of benzene rings is 1. The van der Waals surface area contributed by atoms with Gasteiger partial charge in [-0.2, -0.15) is 5.10 Å². The third-order valence-electron chi connectivity index (χ3n) is 6.57. The SMILES string of the molecule is COC(=O)c1c(NC(=O)Cn2nc(C)c3c(-c4ccc(OC)cc4)ccnc32)sc2c1CCCCC2. The quantitative estimate of drug-likeness (QED) is 0.287. The monoisotopic (exact) mass is 504 g/mol. The maximum Gasteiger partial charge on any atom is 0.341 e. The minimum Gasteiger partial charge on any atom is -0.497 e. The highest BCUT2D eigenvalue weighted by molar-refractivity contribution is 7.17. The van der Waals surface area contributed by atoms with Crippen molar-refractivity contribution in [2.75, 3.05) is 19.5 Å². The smallest absolute Gasteiger partial charge is 0.341 e. The number of hydrogen-bond acceptors (Lipinski definition) is 7. The zero-order valence-electron chi connectivity index (χ0n) is 20.6. The molecule has 4 aromatic rings. The number of nitrogens with zero attached hydrogens (tertiary/aromatic N) is 3. The molecule has 186 valence electrons. The van der Waals surface area contributed by atoms with Gasteiger partial charge in [-0.1, -0.05) is 18.6 Å². The largest absolute Gasteiger partial charge is 0.497 e. The summed E-state index contributed by atoms with van der Waals surface area (Å²) >= 11 is 1.48. The number of fused-ring (bicyclic) bond motifs is 2. The van der Waals surface area contributed by atoms with E-state index in [9.17, 15) is 9.59 Å². The molecule has 1 aliphatic carbocycles. The molecule has 36 heavy (non-hydrogen) atoms. The Morgan fingerprint density at radius 1 is 1.08 bits per heavy atom. The van der Waals surface area contributed by atoms with Crippen molar-refractivity contribution >= 4 is 39.2 Å². The summed E-state index contributed by atoms with van der Waals surface area (Å²) < 4.78 is 11.9. The third kappa shape index (κ3) is 4.46. The fourth-order valence-corrected chi connectivity index (χ4v) is 6.15. The predicted octanol–water partition coefficient (Wildman–Crippen LogP) is 5.17. The Hall–Kier alpha value is -3.72. The van der Waals surface area contributed by atoms with Gasteiger partial charge in [-0.3, -0.25) is 4.79 Å². The number of pyridine rings is 1. The van der Waals surface area contributed by atoms with Crippen molar-refractivity contribution < 1.29 is 19.1 Å². The Kier molecular flexibility index (Phi) is 6.73. The van der Waals surface area contributed by atoms with E-state index >= 15 is 0 Å². The van der Waals surface area contributed by atoms with Crippen LogP contribution in [0.15, 0.2) is 36.5 Å². The highest BCUT2D eigenvalue weighted by Crippen LogP contribution is 2.38. The van der Waals surface area contributed by atoms with Crippen molar-refractivity contribution in [2.24, 2.45) is 0 Å². The van der Waals surface area contributed by atoms with E-state index in [1.807, 2.05) is 37.3 Å². The molecule has 3 heterocycles. The second-order valence-corrected chi connectivity index (χ2v) is 9.94. The van der Waals surface area contributed by atoms with Crippen molar-refractivity contribution in [1.82, 2.24) is 14.8 Å². The molecule has 0 unspecified atom stereocenters. The second-order valence-electron chi connectivity index (χ2n) is 8.84. The maximum atomic E-state index is 13.1. The number of carbonyl (C=O) groups excluding carboxylic acids is 2. The van der Waals surface area contributed by atoms with E-state index in [1.165, 1.54) is 18.4 Å². The van der Waals surface area contributed by atoms with Gasteiger partial charge in [0.15, 0.2) is 5.65 Å². The first kappa shape index (κ1) is 24.0. The van der Waals surface area contributed by atoms with Crippen LogP contribution in [0.5, 0.6) is 5.75 Å². The van der Waals surface area contributed by atoms with E-state index in [-0.39, 0.29) is 12.5 Å². The predicted molar refractivity (Wildman–Crippen MR) is 140 cm³/mol. The van der Waals surface area contributed by atoms with Gasteiger partial charge >= 0.3 is 5.97 Å². The van der Waals surface area contributed by atoms with Gasteiger partial charge in [0.2, 0.25) is 5.91 Å². The molecule has 1 amide bonds. The second kappa shape index (κ2) is 10.1. The van der Waals surface area contributed by atoms with Crippen LogP contribution in [0.25, 0.3) is 22.2 Å². The van der Waals surface area contributed by atoms with E-state index in [0.29, 0.717) is 16.2 Å². The molecule has 3 aromatic heterocycles. The number of ether oxygens (including phenoxy) is 2. The summed E-state index contributed by atoms with van der Waals surface area (Å²) in [5.74, 6) is 0.110. The van der Waals surface area contributed by atoms with Crippen LogP contribution in [0.4, 0.5) is 5.00 Å². The first-order chi connectivity index (χ1) is 17.5. The lowest BCUT2D eigenvalue weighted by atomic mass is 10.0. The summed E-state index contributed by atoms with van der Waals surface area (Å²) in [4.78, 5) is 31.4. The third-order valence-corrected chi connectivity index (χ3v) is 7.77. The van der Waals surface area contributed by atoms with Gasteiger partial charge in [0.05, 0.1) is 25.5 Å². The maximum absolute atomic E-state index is 13.1. The Morgan fingerprint density at radius 3 is 2.61 bits per heavy atom. The number of hydrogen-bond donors (Lipinski definition) is 1. The summed E-state index contributed by atoms with van der Waals surface area (Å²) in [6, 6.07) is 9.76. The molecular weight excluding hydrogens is 476 g/mol. The molecule has 1 aromatic carbocycles. The molecule has 0 bridgehead atoms. The van der Waals surface area contributed by atoms with Crippen molar-refractivity contribution in [1.29, 1.82) is 0 Å². The van der Waals surface area contributed by atoms with E-state index in [4.69, 9.17) is 9.47 Å². The molecule has 0 atom stereocenters. The number of anilines is 1. The van der Waals surface area contributed by atoms with Crippen LogP contribution in [0.2, 0.25) is 0 Å². The van der Waals surface area contributed by atoms with Crippen molar-refractivity contribution in [2.45, 2.75) is 45.6 Å². The van der Waals surface area contributed by atoms with Crippen molar-refractivity contribution in [3.05, 3.63) is 58.2 Å². The van der Waals surface area contributed by atoms with Gasteiger partial charge in [-0.15, -0.1) is 11.3 Å². The molecule has 0 aliphatic heterocycles. The van der Waals surface area contributed by atoms with Crippen LogP contribution in [-0.2, 0) is 28.9 Å². The van der Waals surface area contributed by atoms with Crippen LogP contribution < -0.4 is 10.1 Å². The zero-order chi connectivity index (χ0) is 25.2. The summed E-state index contributed by atoms with van der Waals surface area (Å²) in [5.41, 5.74) is 4.93. The molecule has 0 radical (unpaired) electrons. The van der Waals surface area contributed by atoms with Crippen LogP contribution in [-0.4, -0.2) is 40.9 Å². The fraction of sp³-hybridized carbons (Fsp3) is 0.333. The van der Waals surface area contributed by atoms with Gasteiger partial charge < -0.3 is 14.8 Å². The Bertz CT molecular complexity index is 1440. The lowest BCUT2D eigenvalue weighted by Crippen LogP contribution is -2.20. The molecule has 8 nitrogen and oxygen atoms in total. The number of amides is 1. The summed E-state index contributed by atoms with van der Waals surface area (Å²) in [5, 5.41) is 9.04. The van der Waals surface area contributed by atoms with E-state index < -0.39 is 5.97 Å². The molecule has 0 saturated heterocycles. The summed E-state index contributed by atoms with van der Waals surface area (Å²) in [7, 11) is 3.01. The standard InChI is InChI=1S/C27H28N4O4S/c1-16-23-19(17-9-11-18(34-2)12-10-17)13-14-28-25(23)31(30-16)15-22(32)29-26-24(27(33)35-3)20-7-5-4-6-8-21(20)36-26/h9-14H,4-8,15H2,1-3H3,(H,29,32). The molecular formula is C27H28N4O4S. The van der Waals surface area contributed by atoms with Gasteiger partial charge in [0.1, 0.15) is 17.3 Å². The first-order valence-electron chi connectivity index (χ1n) is 12.0. The van der Waals surface area contributed by atoms with Crippen LogP contribution >= 0.6 is 11.3 Å². The molecule has 5 rings (SSSR count). The molecule has 1 N–H and O–H groups in total. The zero-order valence-corrected chi connectivity index (χ0v) is 21.4. The minimum absolute atomic E-state index is 0.0212. The van der Waals surface area contributed by atoms with Crippen LogP contribution in [0, 0.1) is 6.92 Å². The lowest BCUT2D eigenvalue weighted by Gasteiger charge is -2.08. The summed E-state index contributed by atoms with van der Waals surface area (Å²) in [6.07, 6.45) is 6.72. The first-order valence-corrected chi connectivity index (χ1v) is 12.8. The average Bonchev–Trinajstić information content (AvgIpc) is 3.29. The normalized spacial score (nSPS) is 13.2. The van der Waals surface area contributed by atoms with Gasteiger partial charge in [-0.25, -0.2) is 14.5 Å². The van der Waals surface area contributed by atoms with Gasteiger partial charge in [0.25, 0.3) is 0 Å². The van der Waals surface area contributed by atoms with Crippen LogP contribution in [0.3, 0.4) is 0 Å². The molecule has 0 saturated carbocycles. The number of carbonyl (C=O) groups is 2. The topological polar surface area (TPSA) is 95.3 Å². The lowest BCUT2D eigenvalue weighted by molar-refractivity contribution is -0.116. The number of esters is 1. The minimum atomic E-state index is -0.407. The number of aromatic nitrogens is 3. The Labute approximate surface area is 213 Å². The van der Waals surface area contributed by atoms with E-state index in [0.717, 1.165) is 70.5 Å². The van der Waals surface area contributed by atoms with E-state index in [2.05, 4.69) is 15.4 Å². The number of methoxy groups -OCH3 is 2. The van der Waals surface area contributed by atoms with Gasteiger partial charge in [0, 0.05) is 16.5 Å².